The highest BCUT2D eigenvalue weighted by molar-refractivity contribution is 5.82. The first-order valence-electron chi connectivity index (χ1n) is 9.79. The highest BCUT2D eigenvalue weighted by Crippen LogP contribution is 2.23. The lowest BCUT2D eigenvalue weighted by Crippen LogP contribution is -2.42. The molecule has 0 spiro atoms. The first-order chi connectivity index (χ1) is 14.2. The number of hydrogen-bond acceptors (Lipinski definition) is 4. The molecule has 1 amide bonds. The number of halogens is 1. The van der Waals surface area contributed by atoms with Gasteiger partial charge in [-0.25, -0.2) is 14.4 Å². The second-order valence-electron chi connectivity index (χ2n) is 7.30. The van der Waals surface area contributed by atoms with Crippen LogP contribution in [0.5, 0.6) is 0 Å². The molecule has 0 saturated carbocycles. The summed E-state index contributed by atoms with van der Waals surface area (Å²) in [6, 6.07) is 14.5. The van der Waals surface area contributed by atoms with Gasteiger partial charge < -0.3 is 5.32 Å². The summed E-state index contributed by atoms with van der Waals surface area (Å²) in [5, 5.41) is 2.95. The van der Waals surface area contributed by atoms with Gasteiger partial charge in [-0.2, -0.15) is 0 Å². The van der Waals surface area contributed by atoms with Gasteiger partial charge in [-0.3, -0.25) is 9.69 Å². The molecule has 29 heavy (non-hydrogen) atoms. The number of nitrogens with one attached hydrogen (secondary N) is 1. The van der Waals surface area contributed by atoms with Crippen molar-refractivity contribution in [1.82, 2.24) is 20.2 Å². The highest BCUT2D eigenvalue weighted by atomic mass is 19.1. The molecule has 1 aromatic heterocycles. The summed E-state index contributed by atoms with van der Waals surface area (Å²) < 4.78 is 13.3. The molecular weight excluding hydrogens is 367 g/mol. The van der Waals surface area contributed by atoms with Crippen LogP contribution in [0.2, 0.25) is 0 Å². The van der Waals surface area contributed by atoms with Gasteiger partial charge in [0.05, 0.1) is 6.04 Å². The summed E-state index contributed by atoms with van der Waals surface area (Å²) in [7, 11) is 0. The van der Waals surface area contributed by atoms with Crippen LogP contribution in [0.15, 0.2) is 67.3 Å². The van der Waals surface area contributed by atoms with Crippen molar-refractivity contribution >= 4 is 5.91 Å². The predicted octanol–water partition coefficient (Wildman–Crippen LogP) is 3.56. The third kappa shape index (κ3) is 4.84. The Hall–Kier alpha value is -3.12. The number of hydrogen-bond donors (Lipinski definition) is 1. The Kier molecular flexibility index (Phi) is 5.91. The second-order valence-corrected chi connectivity index (χ2v) is 7.30. The van der Waals surface area contributed by atoms with Gasteiger partial charge in [-0.1, -0.05) is 36.4 Å². The lowest BCUT2D eigenvalue weighted by Gasteiger charge is -2.24. The number of rotatable bonds is 6. The average Bonchev–Trinajstić information content (AvgIpc) is 3.21. The molecular formula is C23H23FN4O. The Morgan fingerprint density at radius 1 is 1.07 bits per heavy atom. The average molecular weight is 390 g/mol. The fourth-order valence-corrected chi connectivity index (χ4v) is 3.75. The van der Waals surface area contributed by atoms with Crippen molar-refractivity contribution in [2.45, 2.75) is 32.0 Å². The molecule has 1 atom stereocenters. The molecule has 1 aliphatic rings. The zero-order valence-corrected chi connectivity index (χ0v) is 16.1. The summed E-state index contributed by atoms with van der Waals surface area (Å²) >= 11 is 0. The first-order valence-corrected chi connectivity index (χ1v) is 9.79. The van der Waals surface area contributed by atoms with Gasteiger partial charge in [-0.15, -0.1) is 0 Å². The van der Waals surface area contributed by atoms with Gasteiger partial charge in [0.1, 0.15) is 12.1 Å². The lowest BCUT2D eigenvalue weighted by molar-refractivity contribution is -0.125. The van der Waals surface area contributed by atoms with Crippen LogP contribution in [-0.2, 0) is 17.9 Å². The summed E-state index contributed by atoms with van der Waals surface area (Å²) in [6.07, 6.45) is 6.94. The van der Waals surface area contributed by atoms with Crippen molar-refractivity contribution in [2.24, 2.45) is 0 Å². The molecule has 0 aliphatic carbocycles. The van der Waals surface area contributed by atoms with Crippen LogP contribution in [0.1, 0.15) is 24.0 Å². The molecule has 148 valence electrons. The van der Waals surface area contributed by atoms with E-state index in [1.165, 1.54) is 18.5 Å². The number of benzene rings is 2. The van der Waals surface area contributed by atoms with E-state index >= 15 is 0 Å². The summed E-state index contributed by atoms with van der Waals surface area (Å²) in [4.78, 5) is 23.0. The molecule has 1 N–H and O–H groups in total. The van der Waals surface area contributed by atoms with E-state index < -0.39 is 0 Å². The highest BCUT2D eigenvalue weighted by Gasteiger charge is 2.30. The number of carbonyl (C=O) groups excluding carboxylic acids is 1. The molecule has 1 fully saturated rings. The molecule has 4 rings (SSSR count). The smallest absolute Gasteiger partial charge is 0.237 e. The van der Waals surface area contributed by atoms with Gasteiger partial charge in [0, 0.05) is 31.0 Å². The normalized spacial score (nSPS) is 16.7. The second kappa shape index (κ2) is 8.92. The summed E-state index contributed by atoms with van der Waals surface area (Å²) in [6.45, 7) is 1.96. The van der Waals surface area contributed by atoms with Crippen LogP contribution < -0.4 is 5.32 Å². The van der Waals surface area contributed by atoms with Crippen molar-refractivity contribution in [3.05, 3.63) is 84.2 Å². The molecule has 0 bridgehead atoms. The van der Waals surface area contributed by atoms with E-state index in [4.69, 9.17) is 0 Å². The number of aromatic nitrogens is 2. The largest absolute Gasteiger partial charge is 0.351 e. The zero-order chi connectivity index (χ0) is 20.1. The topological polar surface area (TPSA) is 58.1 Å². The molecule has 2 aromatic carbocycles. The standard InChI is InChI=1S/C23H23FN4O/c24-21-4-1-3-18(11-21)12-27-23(29)22-5-2-10-28(22)15-17-6-8-19(9-7-17)20-13-25-16-26-14-20/h1,3-4,6-9,11,13-14,16,22H,2,5,10,12,15H2,(H,27,29). The minimum absolute atomic E-state index is 0.00446. The Morgan fingerprint density at radius 3 is 2.62 bits per heavy atom. The van der Waals surface area contributed by atoms with Crippen molar-refractivity contribution < 1.29 is 9.18 Å². The third-order valence-electron chi connectivity index (χ3n) is 5.26. The summed E-state index contributed by atoms with van der Waals surface area (Å²) in [5.41, 5.74) is 3.98. The first kappa shape index (κ1) is 19.2. The number of nitrogens with zero attached hydrogens (tertiary/aromatic N) is 3. The van der Waals surface area contributed by atoms with E-state index in [0.29, 0.717) is 6.54 Å². The minimum atomic E-state index is -0.287. The van der Waals surface area contributed by atoms with Gasteiger partial charge in [0.2, 0.25) is 5.91 Å². The molecule has 2 heterocycles. The van der Waals surface area contributed by atoms with E-state index in [9.17, 15) is 9.18 Å². The third-order valence-corrected chi connectivity index (χ3v) is 5.26. The van der Waals surface area contributed by atoms with Crippen molar-refractivity contribution in [3.8, 4) is 11.1 Å². The van der Waals surface area contributed by atoms with E-state index in [1.807, 2.05) is 6.07 Å². The van der Waals surface area contributed by atoms with Crippen LogP contribution in [0, 0.1) is 5.82 Å². The Bertz CT molecular complexity index is 962. The Morgan fingerprint density at radius 2 is 1.86 bits per heavy atom. The van der Waals surface area contributed by atoms with Gasteiger partial charge in [0.25, 0.3) is 0 Å². The zero-order valence-electron chi connectivity index (χ0n) is 16.1. The van der Waals surface area contributed by atoms with E-state index in [1.54, 1.807) is 18.5 Å². The minimum Gasteiger partial charge on any atom is -0.351 e. The van der Waals surface area contributed by atoms with Gasteiger partial charge in [-0.05, 0) is 48.2 Å². The molecule has 1 aliphatic heterocycles. The number of amides is 1. The van der Waals surface area contributed by atoms with Crippen LogP contribution >= 0.6 is 0 Å². The molecule has 1 saturated heterocycles. The predicted molar refractivity (Wildman–Crippen MR) is 109 cm³/mol. The van der Waals surface area contributed by atoms with Gasteiger partial charge >= 0.3 is 0 Å². The maximum Gasteiger partial charge on any atom is 0.237 e. The fraction of sp³-hybridized carbons (Fsp3) is 0.261. The Balaban J connectivity index is 1.36. The van der Waals surface area contributed by atoms with Crippen LogP contribution in [-0.4, -0.2) is 33.4 Å². The van der Waals surface area contributed by atoms with Gasteiger partial charge in [0.15, 0.2) is 0 Å². The lowest BCUT2D eigenvalue weighted by atomic mass is 10.1. The van der Waals surface area contributed by atoms with Crippen molar-refractivity contribution in [3.63, 3.8) is 0 Å². The van der Waals surface area contributed by atoms with E-state index in [-0.39, 0.29) is 17.8 Å². The van der Waals surface area contributed by atoms with Crippen molar-refractivity contribution in [1.29, 1.82) is 0 Å². The maximum absolute atomic E-state index is 13.3. The maximum atomic E-state index is 13.3. The van der Waals surface area contributed by atoms with E-state index in [2.05, 4.69) is 44.5 Å². The molecule has 1 unspecified atom stereocenters. The SMILES string of the molecule is O=C(NCc1cccc(F)c1)C1CCCN1Cc1ccc(-c2cncnc2)cc1. The quantitative estimate of drug-likeness (QED) is 0.699. The summed E-state index contributed by atoms with van der Waals surface area (Å²) in [5.74, 6) is -0.283. The van der Waals surface area contributed by atoms with Crippen LogP contribution in [0.25, 0.3) is 11.1 Å². The molecule has 6 heteroatoms. The number of likely N-dealkylation sites (tertiary alicyclic amines) is 1. The van der Waals surface area contributed by atoms with Crippen molar-refractivity contribution in [2.75, 3.05) is 6.54 Å². The molecule has 0 radical (unpaired) electrons. The van der Waals surface area contributed by atoms with Crippen LogP contribution in [0.3, 0.4) is 0 Å². The molecule has 5 nitrogen and oxygen atoms in total. The Labute approximate surface area is 169 Å². The fourth-order valence-electron chi connectivity index (χ4n) is 3.75. The number of carbonyl (C=O) groups is 1. The van der Waals surface area contributed by atoms with Crippen LogP contribution in [0.4, 0.5) is 4.39 Å². The molecule has 3 aromatic rings. The monoisotopic (exact) mass is 390 g/mol. The van der Waals surface area contributed by atoms with E-state index in [0.717, 1.165) is 48.2 Å².